The number of rotatable bonds is 6. The van der Waals surface area contributed by atoms with Crippen LogP contribution >= 0.6 is 0 Å². The van der Waals surface area contributed by atoms with Gasteiger partial charge >= 0.3 is 6.01 Å². The van der Waals surface area contributed by atoms with Gasteiger partial charge in [0.05, 0.1) is 11.2 Å². The monoisotopic (exact) mass is 603 g/mol. The van der Waals surface area contributed by atoms with Gasteiger partial charge in [0, 0.05) is 48.1 Å². The minimum absolute atomic E-state index is 0.0173. The number of aromatic hydroxyl groups is 1. The maximum Gasteiger partial charge on any atom is 0.317 e. The number of fused-ring (bicyclic) bond motifs is 5. The van der Waals surface area contributed by atoms with Gasteiger partial charge < -0.3 is 15.2 Å². The Morgan fingerprint density at radius 3 is 2.75 bits per heavy atom. The van der Waals surface area contributed by atoms with Gasteiger partial charge in [-0.25, -0.2) is 13.2 Å². The molecule has 7 nitrogen and oxygen atoms in total. The second-order valence-corrected chi connectivity index (χ2v) is 13.2. The molecule has 2 N–H and O–H groups in total. The number of alkyl halides is 1. The molecule has 10 heteroatoms. The molecule has 4 aliphatic rings. The quantitative estimate of drug-likeness (QED) is 0.266. The molecule has 0 aliphatic carbocycles. The van der Waals surface area contributed by atoms with Crippen LogP contribution in [-0.4, -0.2) is 68.4 Å². The molecule has 0 radical (unpaired) electrons. The Bertz CT molecular complexity index is 1770. The predicted octanol–water partition coefficient (Wildman–Crippen LogP) is 6.34. The number of nitrogens with zero attached hydrogens (tertiary/aromatic N) is 4. The highest BCUT2D eigenvalue weighted by atomic mass is 19.1. The van der Waals surface area contributed by atoms with E-state index in [1.807, 2.05) is 6.92 Å². The smallest absolute Gasteiger partial charge is 0.317 e. The van der Waals surface area contributed by atoms with Crippen molar-refractivity contribution in [3.8, 4) is 23.0 Å². The highest BCUT2D eigenvalue weighted by Crippen LogP contribution is 2.43. The van der Waals surface area contributed by atoms with Gasteiger partial charge in [-0.15, -0.1) is 0 Å². The number of pyridine rings is 1. The van der Waals surface area contributed by atoms with Gasteiger partial charge in [0.25, 0.3) is 0 Å². The van der Waals surface area contributed by atoms with E-state index in [0.717, 1.165) is 50.8 Å². The summed E-state index contributed by atoms with van der Waals surface area (Å²) in [5.74, 6) is -1.05. The summed E-state index contributed by atoms with van der Waals surface area (Å²) in [5.41, 5.74) is 1.13. The molecule has 4 saturated heterocycles. The van der Waals surface area contributed by atoms with Crippen molar-refractivity contribution >= 4 is 21.7 Å². The lowest BCUT2D eigenvalue weighted by molar-refractivity contribution is 0.107. The zero-order valence-electron chi connectivity index (χ0n) is 24.8. The highest BCUT2D eigenvalue weighted by molar-refractivity contribution is 6.01. The van der Waals surface area contributed by atoms with Crippen LogP contribution < -0.4 is 10.1 Å². The number of phenolic OH excluding ortho intramolecular Hbond substituents is 1. The van der Waals surface area contributed by atoms with Gasteiger partial charge in [0.1, 0.15) is 35.6 Å². The van der Waals surface area contributed by atoms with Crippen LogP contribution in [0.3, 0.4) is 0 Å². The fourth-order valence-corrected chi connectivity index (χ4v) is 8.58. The van der Waals surface area contributed by atoms with Crippen molar-refractivity contribution in [2.24, 2.45) is 0 Å². The van der Waals surface area contributed by atoms with Gasteiger partial charge in [-0.05, 0) is 86.0 Å². The van der Waals surface area contributed by atoms with Crippen molar-refractivity contribution < 1.29 is 23.0 Å². The lowest BCUT2D eigenvalue weighted by Gasteiger charge is -2.31. The summed E-state index contributed by atoms with van der Waals surface area (Å²) in [6.45, 7) is 3.33. The molecule has 230 valence electrons. The van der Waals surface area contributed by atoms with Gasteiger partial charge in [0.2, 0.25) is 0 Å². The Labute approximate surface area is 253 Å². The fourth-order valence-electron chi connectivity index (χ4n) is 8.58. The molecule has 0 saturated carbocycles. The summed E-state index contributed by atoms with van der Waals surface area (Å²) in [4.78, 5) is 16.2. The van der Waals surface area contributed by atoms with Crippen LogP contribution in [0.2, 0.25) is 0 Å². The van der Waals surface area contributed by atoms with Crippen LogP contribution in [0, 0.1) is 11.6 Å². The number of ether oxygens (including phenoxy) is 1. The molecule has 44 heavy (non-hydrogen) atoms. The van der Waals surface area contributed by atoms with Crippen molar-refractivity contribution in [1.29, 1.82) is 0 Å². The lowest BCUT2D eigenvalue weighted by atomic mass is 9.87. The number of nitrogens with one attached hydrogen (secondary N) is 1. The first-order valence-electron chi connectivity index (χ1n) is 15.9. The molecule has 2 aromatic heterocycles. The Hall–Kier alpha value is -3.50. The summed E-state index contributed by atoms with van der Waals surface area (Å²) in [6.07, 6.45) is 7.31. The number of halogens is 3. The van der Waals surface area contributed by atoms with E-state index in [9.17, 15) is 13.9 Å². The van der Waals surface area contributed by atoms with E-state index in [2.05, 4.69) is 20.2 Å². The van der Waals surface area contributed by atoms with E-state index in [0.29, 0.717) is 58.8 Å². The summed E-state index contributed by atoms with van der Waals surface area (Å²) in [7, 11) is 0. The van der Waals surface area contributed by atoms with Crippen LogP contribution in [-0.2, 0) is 6.42 Å². The normalized spacial score (nSPS) is 28.3. The van der Waals surface area contributed by atoms with E-state index >= 15 is 4.39 Å². The number of aryl methyl sites for hydroxylation is 1. The van der Waals surface area contributed by atoms with Crippen LogP contribution in [0.25, 0.3) is 32.9 Å². The maximum atomic E-state index is 16.8. The van der Waals surface area contributed by atoms with E-state index in [4.69, 9.17) is 9.72 Å². The number of aromatic nitrogens is 3. The zero-order chi connectivity index (χ0) is 30.2. The molecule has 4 fully saturated rings. The number of benzene rings is 2. The molecular formula is C34H36F3N5O2. The van der Waals surface area contributed by atoms with Crippen LogP contribution in [0.1, 0.15) is 69.0 Å². The summed E-state index contributed by atoms with van der Waals surface area (Å²) in [6, 6.07) is 6.78. The van der Waals surface area contributed by atoms with Crippen LogP contribution in [0.4, 0.5) is 13.2 Å². The van der Waals surface area contributed by atoms with E-state index in [-0.39, 0.29) is 35.5 Å². The van der Waals surface area contributed by atoms with Crippen molar-refractivity contribution in [2.45, 2.75) is 88.0 Å². The molecule has 0 amide bonds. The Morgan fingerprint density at radius 1 is 1.14 bits per heavy atom. The second kappa shape index (κ2) is 10.5. The topological polar surface area (TPSA) is 83.4 Å². The van der Waals surface area contributed by atoms with Crippen molar-refractivity contribution in [3.05, 3.63) is 53.4 Å². The van der Waals surface area contributed by atoms with Gasteiger partial charge in [-0.3, -0.25) is 9.88 Å². The number of phenols is 1. The van der Waals surface area contributed by atoms with Crippen LogP contribution in [0.5, 0.6) is 11.8 Å². The molecule has 2 bridgehead atoms. The molecule has 5 atom stereocenters. The summed E-state index contributed by atoms with van der Waals surface area (Å²) >= 11 is 0. The fraction of sp³-hybridized carbons (Fsp3) is 0.500. The molecule has 4 aliphatic heterocycles. The molecule has 4 aromatic rings. The first-order valence-corrected chi connectivity index (χ1v) is 15.9. The average molecular weight is 604 g/mol. The van der Waals surface area contributed by atoms with Gasteiger partial charge in [0.15, 0.2) is 5.82 Å². The third-order valence-corrected chi connectivity index (χ3v) is 10.5. The first-order chi connectivity index (χ1) is 21.3. The lowest BCUT2D eigenvalue weighted by Crippen LogP contribution is -2.43. The SMILES string of the molecule is CCc1c(F)ccc2cc(O)cc(-c3ncc4c(C5C[C@H]6CC[C@@H](C5)N6)nc(OC[C@@]56CCCN5C[C@H](F)C6)nc4c3F)c12. The minimum atomic E-state index is -0.891. The third-order valence-electron chi connectivity index (χ3n) is 10.5. The number of piperidine rings is 1. The number of hydrogen-bond acceptors (Lipinski definition) is 7. The molecule has 1 unspecified atom stereocenters. The van der Waals surface area contributed by atoms with Gasteiger partial charge in [-0.2, -0.15) is 9.97 Å². The standard InChI is InChI=1S/C34H36F3N5O2/c1-2-24-27(36)7-4-18-12-23(43)13-25(28(18)24)31-29(37)32-26(15-38-31)30(19-10-21-5-6-22(11-19)39-21)40-33(41-32)44-17-34-8-3-9-42(34)16-20(35)14-34/h4,7,12-13,15,19-22,39,43H,2-3,5-6,8-11,14,16-17H2,1H3/t19?,20-,21-,22+,34+/m1/s1. The highest BCUT2D eigenvalue weighted by Gasteiger charge is 2.49. The maximum absolute atomic E-state index is 16.8. The Balaban J connectivity index is 1.27. The molecule has 2 aromatic carbocycles. The minimum Gasteiger partial charge on any atom is -0.508 e. The summed E-state index contributed by atoms with van der Waals surface area (Å²) < 4.78 is 52.5. The van der Waals surface area contributed by atoms with Crippen molar-refractivity contribution in [3.63, 3.8) is 0 Å². The predicted molar refractivity (Wildman–Crippen MR) is 162 cm³/mol. The molecule has 6 heterocycles. The van der Waals surface area contributed by atoms with E-state index in [1.54, 1.807) is 18.3 Å². The van der Waals surface area contributed by atoms with E-state index in [1.165, 1.54) is 12.1 Å². The largest absolute Gasteiger partial charge is 0.508 e. The van der Waals surface area contributed by atoms with E-state index < -0.39 is 23.3 Å². The zero-order valence-corrected chi connectivity index (χ0v) is 24.8. The Morgan fingerprint density at radius 2 is 1.95 bits per heavy atom. The molecule has 8 rings (SSSR count). The Kier molecular flexibility index (Phi) is 6.71. The van der Waals surface area contributed by atoms with Gasteiger partial charge in [-0.1, -0.05) is 13.0 Å². The average Bonchev–Trinajstić information content (AvgIpc) is 3.66. The first kappa shape index (κ1) is 28.0. The number of hydrogen-bond donors (Lipinski definition) is 2. The van der Waals surface area contributed by atoms with Crippen molar-refractivity contribution in [2.75, 3.05) is 19.7 Å². The van der Waals surface area contributed by atoms with Crippen molar-refractivity contribution in [1.82, 2.24) is 25.2 Å². The van der Waals surface area contributed by atoms with Crippen LogP contribution in [0.15, 0.2) is 30.5 Å². The third kappa shape index (κ3) is 4.52. The summed E-state index contributed by atoms with van der Waals surface area (Å²) in [5, 5.41) is 15.9. The molecular weight excluding hydrogens is 567 g/mol. The molecule has 0 spiro atoms. The second-order valence-electron chi connectivity index (χ2n) is 13.2.